The third-order valence-corrected chi connectivity index (χ3v) is 4.59. The number of hydrogen-bond acceptors (Lipinski definition) is 8. The molecule has 0 aliphatic heterocycles. The number of rotatable bonds is 5. The van der Waals surface area contributed by atoms with E-state index in [1.807, 2.05) is 47.8 Å². The van der Waals surface area contributed by atoms with Gasteiger partial charge in [0.25, 0.3) is 5.56 Å². The normalized spacial score (nSPS) is 11.0. The lowest BCUT2D eigenvalue weighted by Crippen LogP contribution is -2.32. The van der Waals surface area contributed by atoms with E-state index < -0.39 is 5.56 Å². The van der Waals surface area contributed by atoms with E-state index in [1.54, 1.807) is 0 Å². The minimum absolute atomic E-state index is 0.0113. The first-order valence-corrected chi connectivity index (χ1v) is 8.70. The highest BCUT2D eigenvalue weighted by Crippen LogP contribution is 2.25. The van der Waals surface area contributed by atoms with Gasteiger partial charge in [0.2, 0.25) is 5.95 Å². The average Bonchev–Trinajstić information content (AvgIpc) is 3.22. The predicted octanol–water partition coefficient (Wildman–Crippen LogP) is 1.07. The average molecular weight is 380 g/mol. The van der Waals surface area contributed by atoms with E-state index in [9.17, 15) is 10.1 Å². The molecule has 0 aliphatic carbocycles. The van der Waals surface area contributed by atoms with Crippen molar-refractivity contribution in [2.24, 2.45) is 16.8 Å². The molecule has 0 atom stereocenters. The third kappa shape index (κ3) is 3.95. The number of hydrazone groups is 1. The number of nitrogens with two attached hydrogens (primary N) is 2. The summed E-state index contributed by atoms with van der Waals surface area (Å²) in [6.45, 7) is 0.384. The zero-order valence-corrected chi connectivity index (χ0v) is 14.9. The fraction of sp³-hybridized carbons (Fsp3) is 0.0588. The minimum Gasteiger partial charge on any atom is -0.352 e. The van der Waals surface area contributed by atoms with Crippen LogP contribution in [0.5, 0.6) is 0 Å². The zero-order chi connectivity index (χ0) is 19.2. The Kier molecular flexibility index (Phi) is 5.46. The lowest BCUT2D eigenvalue weighted by atomic mass is 10.1. The van der Waals surface area contributed by atoms with E-state index in [2.05, 4.69) is 25.8 Å². The fourth-order valence-electron chi connectivity index (χ4n) is 2.46. The van der Waals surface area contributed by atoms with Gasteiger partial charge in [0.15, 0.2) is 5.84 Å². The topological polar surface area (TPSA) is 158 Å². The number of nitrogens with one attached hydrogen (secondary N) is 3. The monoisotopic (exact) mass is 380 g/mol. The number of amidine groups is 1. The summed E-state index contributed by atoms with van der Waals surface area (Å²) in [5, 5.41) is 17.8. The van der Waals surface area contributed by atoms with Crippen LogP contribution in [0.3, 0.4) is 0 Å². The summed E-state index contributed by atoms with van der Waals surface area (Å²) in [7, 11) is 0. The summed E-state index contributed by atoms with van der Waals surface area (Å²) in [5.41, 5.74) is 3.91. The maximum Gasteiger partial charge on any atom is 0.270 e. The summed E-state index contributed by atoms with van der Waals surface area (Å²) < 4.78 is 0. The number of H-pyrrole nitrogens is 1. The lowest BCUT2D eigenvalue weighted by Gasteiger charge is -2.10. The number of thiophene rings is 1. The second-order valence-electron chi connectivity index (χ2n) is 5.40. The van der Waals surface area contributed by atoms with Gasteiger partial charge < -0.3 is 16.6 Å². The summed E-state index contributed by atoms with van der Waals surface area (Å²) in [6, 6.07) is 13.0. The largest absolute Gasteiger partial charge is 0.352 e. The quantitative estimate of drug-likeness (QED) is 0.192. The lowest BCUT2D eigenvalue weighted by molar-refractivity contribution is 1.000. The Hall–Kier alpha value is -3.68. The summed E-state index contributed by atoms with van der Waals surface area (Å²) in [4.78, 5) is 19.9. The van der Waals surface area contributed by atoms with Crippen LogP contribution in [0.4, 0.5) is 5.95 Å². The molecule has 2 heterocycles. The Bertz CT molecular complexity index is 1070. The van der Waals surface area contributed by atoms with Crippen molar-refractivity contribution in [3.63, 3.8) is 0 Å². The third-order valence-electron chi connectivity index (χ3n) is 3.71. The highest BCUT2D eigenvalue weighted by atomic mass is 32.1. The Labute approximate surface area is 158 Å². The van der Waals surface area contributed by atoms with E-state index in [4.69, 9.17) is 11.7 Å². The Morgan fingerprint density at radius 3 is 2.89 bits per heavy atom. The van der Waals surface area contributed by atoms with Crippen molar-refractivity contribution in [2.75, 3.05) is 5.32 Å². The molecule has 0 amide bonds. The molecule has 0 fully saturated rings. The van der Waals surface area contributed by atoms with Crippen LogP contribution in [0.15, 0.2) is 51.7 Å². The van der Waals surface area contributed by atoms with Gasteiger partial charge in [0.1, 0.15) is 17.3 Å². The van der Waals surface area contributed by atoms with Crippen molar-refractivity contribution < 1.29 is 0 Å². The van der Waals surface area contributed by atoms with Crippen LogP contribution in [-0.4, -0.2) is 15.8 Å². The SMILES string of the molecule is N#Cc1c(-c2cccs2)nc(NCc2cccc(/C(=N/N)NN)c2)[nH]c1=O. The first-order chi connectivity index (χ1) is 13.2. The van der Waals surface area contributed by atoms with Crippen LogP contribution in [0.1, 0.15) is 16.7 Å². The van der Waals surface area contributed by atoms with Gasteiger partial charge in [-0.3, -0.25) is 9.78 Å². The molecule has 2 aromatic heterocycles. The Morgan fingerprint density at radius 1 is 1.37 bits per heavy atom. The van der Waals surface area contributed by atoms with Crippen LogP contribution < -0.4 is 28.0 Å². The molecule has 0 saturated carbocycles. The molecule has 0 unspecified atom stereocenters. The first kappa shape index (κ1) is 18.1. The van der Waals surface area contributed by atoms with Crippen LogP contribution in [0, 0.1) is 11.3 Å². The van der Waals surface area contributed by atoms with Crippen molar-refractivity contribution in [1.29, 1.82) is 5.26 Å². The van der Waals surface area contributed by atoms with Gasteiger partial charge >= 0.3 is 0 Å². The minimum atomic E-state index is -0.489. The van der Waals surface area contributed by atoms with Gasteiger partial charge in [0, 0.05) is 12.1 Å². The van der Waals surface area contributed by atoms with Gasteiger partial charge in [-0.1, -0.05) is 24.3 Å². The molecule has 0 radical (unpaired) electrons. The molecule has 3 rings (SSSR count). The van der Waals surface area contributed by atoms with Gasteiger partial charge in [-0.2, -0.15) is 10.4 Å². The molecule has 27 heavy (non-hydrogen) atoms. The van der Waals surface area contributed by atoms with Crippen LogP contribution in [-0.2, 0) is 6.54 Å². The Balaban J connectivity index is 1.86. The molecule has 0 saturated heterocycles. The molecular weight excluding hydrogens is 364 g/mol. The number of hydrazine groups is 1. The number of nitrogens with zero attached hydrogens (tertiary/aromatic N) is 3. The smallest absolute Gasteiger partial charge is 0.270 e. The maximum atomic E-state index is 12.2. The number of benzene rings is 1. The fourth-order valence-corrected chi connectivity index (χ4v) is 3.18. The second-order valence-corrected chi connectivity index (χ2v) is 6.35. The molecule has 136 valence electrons. The van der Waals surface area contributed by atoms with Crippen LogP contribution in [0.2, 0.25) is 0 Å². The molecule has 10 heteroatoms. The van der Waals surface area contributed by atoms with Crippen molar-refractivity contribution >= 4 is 23.1 Å². The van der Waals surface area contributed by atoms with Gasteiger partial charge in [0.05, 0.1) is 4.88 Å². The van der Waals surface area contributed by atoms with E-state index >= 15 is 0 Å². The zero-order valence-electron chi connectivity index (χ0n) is 14.1. The predicted molar refractivity (Wildman–Crippen MR) is 105 cm³/mol. The van der Waals surface area contributed by atoms with Gasteiger partial charge in [-0.25, -0.2) is 10.8 Å². The maximum absolute atomic E-state index is 12.2. The van der Waals surface area contributed by atoms with Crippen molar-refractivity contribution in [1.82, 2.24) is 15.4 Å². The van der Waals surface area contributed by atoms with Crippen molar-refractivity contribution in [3.05, 3.63) is 68.8 Å². The van der Waals surface area contributed by atoms with Crippen molar-refractivity contribution in [3.8, 4) is 16.6 Å². The molecule has 0 bridgehead atoms. The molecule has 9 nitrogen and oxygen atoms in total. The highest BCUT2D eigenvalue weighted by molar-refractivity contribution is 7.13. The second kappa shape index (κ2) is 8.13. The van der Waals surface area contributed by atoms with Crippen molar-refractivity contribution in [2.45, 2.75) is 6.54 Å². The molecule has 3 aromatic rings. The standard InChI is InChI=1S/C17H16N8OS/c18-8-12-14(13-5-2-6-27-13)22-17(23-16(12)26)21-9-10-3-1-4-11(7-10)15(24-19)25-20/h1-7H,9,19-20H2,(H,24,25)(H2,21,22,23,26). The number of anilines is 1. The number of aromatic amines is 1. The van der Waals surface area contributed by atoms with E-state index in [0.717, 1.165) is 16.0 Å². The molecule has 0 spiro atoms. The summed E-state index contributed by atoms with van der Waals surface area (Å²) in [5.74, 6) is 11.3. The summed E-state index contributed by atoms with van der Waals surface area (Å²) >= 11 is 1.41. The van der Waals surface area contributed by atoms with Gasteiger partial charge in [-0.05, 0) is 23.1 Å². The van der Waals surface area contributed by atoms with Crippen LogP contribution >= 0.6 is 11.3 Å². The van der Waals surface area contributed by atoms with E-state index in [0.29, 0.717) is 18.1 Å². The van der Waals surface area contributed by atoms with E-state index in [1.165, 1.54) is 11.3 Å². The van der Waals surface area contributed by atoms with E-state index in [-0.39, 0.29) is 11.5 Å². The first-order valence-electron chi connectivity index (χ1n) is 7.82. The number of hydrogen-bond donors (Lipinski definition) is 5. The molecular formula is C17H16N8OS. The molecule has 1 aromatic carbocycles. The van der Waals surface area contributed by atoms with Gasteiger partial charge in [-0.15, -0.1) is 11.3 Å². The Morgan fingerprint density at radius 2 is 2.22 bits per heavy atom. The van der Waals surface area contributed by atoms with Crippen LogP contribution in [0.25, 0.3) is 10.6 Å². The molecule has 0 aliphatic rings. The summed E-state index contributed by atoms with van der Waals surface area (Å²) in [6.07, 6.45) is 0. The highest BCUT2D eigenvalue weighted by Gasteiger charge is 2.14. The molecule has 7 N–H and O–H groups in total. The number of aromatic nitrogens is 2. The number of nitriles is 1.